The number of nitrogens with zero attached hydrogens (tertiary/aromatic N) is 3. The fourth-order valence-electron chi connectivity index (χ4n) is 2.75. The highest BCUT2D eigenvalue weighted by Gasteiger charge is 2.42. The summed E-state index contributed by atoms with van der Waals surface area (Å²) in [6.45, 7) is -0.0637. The fraction of sp³-hybridized carbons (Fsp3) is 0.318. The topological polar surface area (TPSA) is 139 Å². The number of carbonyl (C=O) groups is 3. The third kappa shape index (κ3) is 10.3. The van der Waals surface area contributed by atoms with Crippen LogP contribution >= 0.6 is 0 Å². The molecule has 0 aliphatic carbocycles. The van der Waals surface area contributed by atoms with Gasteiger partial charge in [-0.15, -0.1) is 0 Å². The van der Waals surface area contributed by atoms with Gasteiger partial charge in [0, 0.05) is 12.7 Å². The Bertz CT molecular complexity index is 1050. The molecule has 14 heteroatoms. The van der Waals surface area contributed by atoms with Gasteiger partial charge in [0.1, 0.15) is 12.4 Å². The molecular weight excluding hydrogens is 487 g/mol. The van der Waals surface area contributed by atoms with Crippen molar-refractivity contribution in [3.8, 4) is 0 Å². The van der Waals surface area contributed by atoms with E-state index in [9.17, 15) is 32.3 Å². The molecule has 0 spiro atoms. The molecule has 2 aromatic rings. The number of hydrazone groups is 1. The number of halogens is 3. The molecule has 36 heavy (non-hydrogen) atoms. The van der Waals surface area contributed by atoms with Crippen LogP contribution in [0.15, 0.2) is 59.8 Å². The maximum absolute atomic E-state index is 12.5. The molecule has 0 saturated carbocycles. The number of carbonyl (C=O) groups excluding carboxylic acids is 4. The molecule has 0 aliphatic heterocycles. The molecule has 0 radical (unpaired) electrons. The Labute approximate surface area is 203 Å². The maximum atomic E-state index is 12.5. The van der Waals surface area contributed by atoms with Crippen LogP contribution in [-0.4, -0.2) is 60.0 Å². The molecule has 2 N–H and O–H groups in total. The second-order valence-electron chi connectivity index (χ2n) is 7.02. The van der Waals surface area contributed by atoms with Gasteiger partial charge in [-0.1, -0.05) is 41.5 Å². The van der Waals surface area contributed by atoms with E-state index in [0.29, 0.717) is 29.5 Å². The van der Waals surface area contributed by atoms with E-state index in [0.717, 1.165) is 0 Å². The molecule has 1 atom stereocenters. The summed E-state index contributed by atoms with van der Waals surface area (Å²) >= 11 is 0. The van der Waals surface area contributed by atoms with Crippen LogP contribution in [0, 0.1) is 0 Å². The van der Waals surface area contributed by atoms with Crippen LogP contribution in [-0.2, 0) is 28.8 Å². The maximum Gasteiger partial charge on any atom is 0.491 e. The molecule has 1 unspecified atom stereocenters. The largest absolute Gasteiger partial charge is 0.491 e. The predicted octanol–water partition coefficient (Wildman–Crippen LogP) is 2.25. The van der Waals surface area contributed by atoms with E-state index >= 15 is 0 Å². The lowest BCUT2D eigenvalue weighted by Gasteiger charge is -2.21. The van der Waals surface area contributed by atoms with Crippen molar-refractivity contribution in [2.75, 3.05) is 25.0 Å². The molecule has 1 aromatic heterocycles. The number of nitrogens with one attached hydrogen (secondary N) is 2. The van der Waals surface area contributed by atoms with Crippen molar-refractivity contribution in [3.05, 3.63) is 60.3 Å². The Morgan fingerprint density at radius 1 is 1.11 bits per heavy atom. The summed E-state index contributed by atoms with van der Waals surface area (Å²) in [4.78, 5) is 55.4. The van der Waals surface area contributed by atoms with Crippen LogP contribution in [0.5, 0.6) is 0 Å². The van der Waals surface area contributed by atoms with Crippen LogP contribution in [0.25, 0.3) is 0 Å². The first-order valence-electron chi connectivity index (χ1n) is 10.5. The summed E-state index contributed by atoms with van der Waals surface area (Å²) in [6.07, 6.45) is -2.80. The van der Waals surface area contributed by atoms with Crippen molar-refractivity contribution >= 4 is 29.7 Å². The Hall–Kier alpha value is -4.29. The van der Waals surface area contributed by atoms with Gasteiger partial charge in [0.05, 0.1) is 19.1 Å². The number of alkyl halides is 3. The molecule has 1 amide bonds. The van der Waals surface area contributed by atoms with Gasteiger partial charge >= 0.3 is 18.1 Å². The van der Waals surface area contributed by atoms with Gasteiger partial charge in [-0.05, 0) is 24.1 Å². The number of ether oxygens (including phenoxy) is 1. The zero-order valence-corrected chi connectivity index (χ0v) is 18.7. The highest BCUT2D eigenvalue weighted by atomic mass is 19.4. The van der Waals surface area contributed by atoms with Crippen molar-refractivity contribution < 1.29 is 41.9 Å². The van der Waals surface area contributed by atoms with E-state index in [1.807, 2.05) is 6.07 Å². The molecular formula is C22H22F3N5O6. The van der Waals surface area contributed by atoms with Crippen molar-refractivity contribution in [1.82, 2.24) is 15.5 Å². The second kappa shape index (κ2) is 14.2. The summed E-state index contributed by atoms with van der Waals surface area (Å²) in [5, 5.41) is 9.42. The SMILES string of the molecule is O=C=NN(CC(=O)NC(CC(=O)OC(=O)C(F)(F)F)c1ccccc1)OCCCNc1ccccn1. The average molecular weight is 509 g/mol. The zero-order chi connectivity index (χ0) is 26.4. The molecule has 1 heterocycles. The lowest BCUT2D eigenvalue weighted by atomic mass is 10.0. The number of anilines is 1. The number of hydroxylamine groups is 1. The van der Waals surface area contributed by atoms with Crippen molar-refractivity contribution in [2.45, 2.75) is 25.1 Å². The van der Waals surface area contributed by atoms with Gasteiger partial charge in [0.25, 0.3) is 6.08 Å². The number of esters is 2. The van der Waals surface area contributed by atoms with E-state index in [1.165, 1.54) is 18.2 Å². The van der Waals surface area contributed by atoms with Crippen molar-refractivity contribution in [3.63, 3.8) is 0 Å². The van der Waals surface area contributed by atoms with Crippen molar-refractivity contribution in [2.24, 2.45) is 5.10 Å². The lowest BCUT2D eigenvalue weighted by molar-refractivity contribution is -0.202. The standard InChI is InChI=1S/C22H22F3N5O6/c23-22(24,25)21(34)36-20(33)13-17(16-7-2-1-3-8-16)29-19(32)14-30(28-15-31)35-12-6-11-27-18-9-4-5-10-26-18/h1-5,7-10,17H,6,11-14H2,(H,26,27)(H,29,32). The van der Waals surface area contributed by atoms with E-state index < -0.39 is 43.0 Å². The quantitative estimate of drug-likeness (QED) is 0.104. The first kappa shape index (κ1) is 28.0. The third-order valence-corrected chi connectivity index (χ3v) is 4.31. The number of amides is 1. The Balaban J connectivity index is 1.91. The van der Waals surface area contributed by atoms with Crippen LogP contribution in [0.2, 0.25) is 0 Å². The third-order valence-electron chi connectivity index (χ3n) is 4.31. The monoisotopic (exact) mass is 509 g/mol. The average Bonchev–Trinajstić information content (AvgIpc) is 2.84. The minimum Gasteiger partial charge on any atom is -0.386 e. The smallest absolute Gasteiger partial charge is 0.386 e. The molecule has 0 fully saturated rings. The molecule has 192 valence electrons. The van der Waals surface area contributed by atoms with Crippen LogP contribution in [0.1, 0.15) is 24.4 Å². The minimum absolute atomic E-state index is 0.0618. The number of pyridine rings is 1. The zero-order valence-electron chi connectivity index (χ0n) is 18.7. The first-order valence-corrected chi connectivity index (χ1v) is 10.5. The normalized spacial score (nSPS) is 11.5. The fourth-order valence-corrected chi connectivity index (χ4v) is 2.75. The molecule has 2 rings (SSSR count). The molecule has 1 aromatic carbocycles. The van der Waals surface area contributed by atoms with Gasteiger partial charge in [-0.2, -0.15) is 18.3 Å². The number of rotatable bonds is 13. The van der Waals surface area contributed by atoms with E-state index in [4.69, 9.17) is 4.84 Å². The number of hydrogen-bond acceptors (Lipinski definition) is 10. The van der Waals surface area contributed by atoms with Gasteiger partial charge < -0.3 is 15.4 Å². The van der Waals surface area contributed by atoms with Crippen LogP contribution in [0.4, 0.5) is 19.0 Å². The number of aromatic nitrogens is 1. The molecule has 0 bridgehead atoms. The number of benzene rings is 1. The first-order chi connectivity index (χ1) is 17.2. The minimum atomic E-state index is -5.35. The van der Waals surface area contributed by atoms with Gasteiger partial charge in [-0.25, -0.2) is 14.6 Å². The summed E-state index contributed by atoms with van der Waals surface area (Å²) in [6, 6.07) is 12.0. The van der Waals surface area contributed by atoms with Gasteiger partial charge in [0.15, 0.2) is 0 Å². The Kier molecular flexibility index (Phi) is 11.0. The molecule has 0 saturated heterocycles. The van der Waals surface area contributed by atoms with Crippen LogP contribution < -0.4 is 10.6 Å². The Morgan fingerprint density at radius 3 is 2.47 bits per heavy atom. The van der Waals surface area contributed by atoms with Crippen LogP contribution in [0.3, 0.4) is 0 Å². The second-order valence-corrected chi connectivity index (χ2v) is 7.02. The van der Waals surface area contributed by atoms with E-state index in [-0.39, 0.29) is 6.61 Å². The van der Waals surface area contributed by atoms with Gasteiger partial charge in [-0.3, -0.25) is 14.4 Å². The molecule has 11 nitrogen and oxygen atoms in total. The van der Waals surface area contributed by atoms with Gasteiger partial charge in [0.2, 0.25) is 5.91 Å². The summed E-state index contributed by atoms with van der Waals surface area (Å²) < 4.78 is 40.9. The summed E-state index contributed by atoms with van der Waals surface area (Å²) in [5.74, 6) is -4.29. The number of isocyanates is 1. The predicted molar refractivity (Wildman–Crippen MR) is 117 cm³/mol. The molecule has 0 aliphatic rings. The lowest BCUT2D eigenvalue weighted by Crippen LogP contribution is -2.38. The van der Waals surface area contributed by atoms with E-state index in [1.54, 1.807) is 36.5 Å². The Morgan fingerprint density at radius 2 is 1.83 bits per heavy atom. The number of hydrogen-bond donors (Lipinski definition) is 2. The highest BCUT2D eigenvalue weighted by Crippen LogP contribution is 2.20. The highest BCUT2D eigenvalue weighted by molar-refractivity contribution is 5.89. The van der Waals surface area contributed by atoms with Crippen molar-refractivity contribution in [1.29, 1.82) is 0 Å². The van der Waals surface area contributed by atoms with E-state index in [2.05, 4.69) is 25.5 Å². The summed E-state index contributed by atoms with van der Waals surface area (Å²) in [5.41, 5.74) is 0.356. The summed E-state index contributed by atoms with van der Waals surface area (Å²) in [7, 11) is 0.